The molecule has 220 valence electrons. The molecular weight excluding hydrogens is 523 g/mol. The SMILES string of the molecule is C=C(OC(=NC)c1cccc(C)c1)c1ccncc1.CCC.COC(=O)Nc1ccc(NC(=O)C(C)(C)CF)cc1. The van der Waals surface area contributed by atoms with Crippen molar-refractivity contribution in [1.29, 1.82) is 0 Å². The van der Waals surface area contributed by atoms with Gasteiger partial charge in [-0.2, -0.15) is 0 Å². The largest absolute Gasteiger partial charge is 0.453 e. The second kappa shape index (κ2) is 17.9. The monoisotopic (exact) mass is 564 g/mol. The summed E-state index contributed by atoms with van der Waals surface area (Å²) in [7, 11) is 2.97. The van der Waals surface area contributed by atoms with Crippen LogP contribution in [-0.4, -0.2) is 43.7 Å². The van der Waals surface area contributed by atoms with Crippen LogP contribution in [0.4, 0.5) is 20.6 Å². The van der Waals surface area contributed by atoms with E-state index in [1.54, 1.807) is 43.7 Å². The number of nitrogens with one attached hydrogen (secondary N) is 2. The molecule has 0 aliphatic rings. The molecule has 0 saturated carbocycles. The zero-order valence-corrected chi connectivity index (χ0v) is 25.0. The fourth-order valence-corrected chi connectivity index (χ4v) is 2.89. The van der Waals surface area contributed by atoms with Crippen LogP contribution >= 0.6 is 0 Å². The van der Waals surface area contributed by atoms with Crippen LogP contribution in [0.1, 0.15) is 50.8 Å². The summed E-state index contributed by atoms with van der Waals surface area (Å²) in [5.41, 5.74) is 3.00. The van der Waals surface area contributed by atoms with E-state index in [2.05, 4.69) is 45.8 Å². The van der Waals surface area contributed by atoms with Gasteiger partial charge >= 0.3 is 6.09 Å². The summed E-state index contributed by atoms with van der Waals surface area (Å²) in [4.78, 5) is 30.9. The van der Waals surface area contributed by atoms with Gasteiger partial charge in [-0.3, -0.25) is 20.1 Å². The topological polar surface area (TPSA) is 102 Å². The summed E-state index contributed by atoms with van der Waals surface area (Å²) in [5.74, 6) is 0.721. The number of carbonyl (C=O) groups excluding carboxylic acids is 2. The van der Waals surface area contributed by atoms with E-state index in [1.165, 1.54) is 27.4 Å². The van der Waals surface area contributed by atoms with E-state index in [0.29, 0.717) is 23.0 Å². The van der Waals surface area contributed by atoms with E-state index >= 15 is 0 Å². The number of carbonyl (C=O) groups is 2. The molecule has 1 heterocycles. The zero-order chi connectivity index (χ0) is 30.8. The first-order chi connectivity index (χ1) is 19.5. The number of anilines is 2. The van der Waals surface area contributed by atoms with Crippen molar-refractivity contribution in [3.05, 3.63) is 96.3 Å². The smallest absolute Gasteiger partial charge is 0.411 e. The Kier molecular flexibility index (Phi) is 15.1. The van der Waals surface area contributed by atoms with Crippen molar-refractivity contribution in [2.24, 2.45) is 10.4 Å². The summed E-state index contributed by atoms with van der Waals surface area (Å²) < 4.78 is 22.8. The number of methoxy groups -OCH3 is 1. The van der Waals surface area contributed by atoms with Crippen LogP contribution in [0, 0.1) is 12.3 Å². The standard InChI is InChI=1S/C16H16N2O.C13H17FN2O3.C3H8/c1-12-5-4-6-15(11-12)16(17-3)19-13(2)14-7-9-18-10-8-14;1-13(2,8-14)11(17)15-9-4-6-10(7-5-9)16-12(18)19-3;1-3-2/h4-11H,2H2,1,3H3;4-7H,8H2,1-3H3,(H,15,17)(H,16,18);3H2,1-2H3. The van der Waals surface area contributed by atoms with Gasteiger partial charge < -0.3 is 14.8 Å². The number of halogens is 1. The van der Waals surface area contributed by atoms with Gasteiger partial charge in [0.2, 0.25) is 11.8 Å². The van der Waals surface area contributed by atoms with E-state index in [0.717, 1.165) is 16.7 Å². The van der Waals surface area contributed by atoms with Crippen LogP contribution in [0.5, 0.6) is 0 Å². The number of amides is 2. The Morgan fingerprint density at radius 1 is 0.976 bits per heavy atom. The molecule has 2 amide bonds. The number of alkyl halides is 1. The molecule has 0 fully saturated rings. The lowest BCUT2D eigenvalue weighted by molar-refractivity contribution is -0.124. The number of aromatic nitrogens is 1. The lowest BCUT2D eigenvalue weighted by atomic mass is 9.94. The number of nitrogens with zero attached hydrogens (tertiary/aromatic N) is 2. The minimum absolute atomic E-state index is 0.399. The molecule has 0 spiro atoms. The lowest BCUT2D eigenvalue weighted by Crippen LogP contribution is -2.32. The first-order valence-corrected chi connectivity index (χ1v) is 13.1. The van der Waals surface area contributed by atoms with Gasteiger partial charge in [-0.1, -0.05) is 44.5 Å². The van der Waals surface area contributed by atoms with Crippen LogP contribution < -0.4 is 10.6 Å². The average molecular weight is 565 g/mol. The molecule has 41 heavy (non-hydrogen) atoms. The lowest BCUT2D eigenvalue weighted by Gasteiger charge is -2.19. The number of benzene rings is 2. The molecule has 0 unspecified atom stereocenters. The van der Waals surface area contributed by atoms with E-state index in [4.69, 9.17) is 4.74 Å². The molecule has 1 aromatic heterocycles. The minimum Gasteiger partial charge on any atom is -0.453 e. The Bertz CT molecular complexity index is 1280. The Hall–Kier alpha value is -4.53. The molecule has 0 aliphatic heterocycles. The third kappa shape index (κ3) is 12.5. The van der Waals surface area contributed by atoms with E-state index in [1.807, 2.05) is 43.3 Å². The summed E-state index contributed by atoms with van der Waals surface area (Å²) in [6.45, 7) is 12.5. The Balaban J connectivity index is 0.000000374. The highest BCUT2D eigenvalue weighted by Crippen LogP contribution is 2.20. The molecule has 0 radical (unpaired) electrons. The Labute approximate surface area is 242 Å². The molecule has 0 bridgehead atoms. The van der Waals surface area contributed by atoms with Gasteiger partial charge in [0, 0.05) is 41.9 Å². The summed E-state index contributed by atoms with van der Waals surface area (Å²) in [5, 5.41) is 5.08. The molecule has 3 aromatic rings. The number of aliphatic imine (C=N–C) groups is 1. The first kappa shape index (κ1) is 34.5. The van der Waals surface area contributed by atoms with Crippen molar-refractivity contribution < 1.29 is 23.5 Å². The van der Waals surface area contributed by atoms with Crippen molar-refractivity contribution in [2.75, 3.05) is 31.5 Å². The van der Waals surface area contributed by atoms with Crippen LogP contribution in [0.25, 0.3) is 5.76 Å². The molecular formula is C32H41FN4O4. The molecule has 8 nitrogen and oxygen atoms in total. The number of hydrogen-bond donors (Lipinski definition) is 2. The first-order valence-electron chi connectivity index (χ1n) is 13.1. The average Bonchev–Trinajstić information content (AvgIpc) is 2.97. The van der Waals surface area contributed by atoms with Crippen LogP contribution in [0.2, 0.25) is 0 Å². The normalized spacial score (nSPS) is 10.6. The highest BCUT2D eigenvalue weighted by atomic mass is 19.1. The number of aryl methyl sites for hydroxylation is 1. The van der Waals surface area contributed by atoms with Crippen LogP contribution in [0.15, 0.2) is 84.6 Å². The third-order valence-corrected chi connectivity index (χ3v) is 5.21. The van der Waals surface area contributed by atoms with Crippen molar-refractivity contribution in [1.82, 2.24) is 4.98 Å². The second-order valence-electron chi connectivity index (χ2n) is 9.53. The highest BCUT2D eigenvalue weighted by molar-refractivity contribution is 5.97. The van der Waals surface area contributed by atoms with Crippen molar-refractivity contribution >= 4 is 35.0 Å². The van der Waals surface area contributed by atoms with Crippen molar-refractivity contribution in [2.45, 2.75) is 41.0 Å². The predicted molar refractivity (Wildman–Crippen MR) is 165 cm³/mol. The second-order valence-corrected chi connectivity index (χ2v) is 9.53. The maximum Gasteiger partial charge on any atom is 0.411 e. The summed E-state index contributed by atoms with van der Waals surface area (Å²) in [6.07, 6.45) is 4.09. The van der Waals surface area contributed by atoms with Crippen molar-refractivity contribution in [3.8, 4) is 0 Å². The Morgan fingerprint density at radius 3 is 2.02 bits per heavy atom. The minimum atomic E-state index is -1.07. The van der Waals surface area contributed by atoms with Gasteiger partial charge in [-0.05, 0) is 69.3 Å². The molecule has 0 aliphatic carbocycles. The molecule has 3 rings (SSSR count). The number of pyridine rings is 1. The maximum atomic E-state index is 12.6. The van der Waals surface area contributed by atoms with Gasteiger partial charge in [-0.15, -0.1) is 0 Å². The van der Waals surface area contributed by atoms with E-state index in [9.17, 15) is 14.0 Å². The fourth-order valence-electron chi connectivity index (χ4n) is 2.89. The number of ether oxygens (including phenoxy) is 2. The molecule has 2 N–H and O–H groups in total. The predicted octanol–water partition coefficient (Wildman–Crippen LogP) is 7.67. The van der Waals surface area contributed by atoms with Crippen molar-refractivity contribution in [3.63, 3.8) is 0 Å². The van der Waals surface area contributed by atoms with Gasteiger partial charge in [0.05, 0.1) is 12.5 Å². The molecule has 9 heteroatoms. The molecule has 2 aromatic carbocycles. The number of hydrogen-bond acceptors (Lipinski definition) is 6. The molecule has 0 saturated heterocycles. The van der Waals surface area contributed by atoms with Crippen LogP contribution in [-0.2, 0) is 14.3 Å². The summed E-state index contributed by atoms with van der Waals surface area (Å²) >= 11 is 0. The Morgan fingerprint density at radius 2 is 1.54 bits per heavy atom. The number of rotatable bonds is 7. The van der Waals surface area contributed by atoms with E-state index < -0.39 is 24.1 Å². The van der Waals surface area contributed by atoms with Gasteiger partial charge in [0.1, 0.15) is 12.4 Å². The fraction of sp³-hybridized carbons (Fsp3) is 0.312. The van der Waals surface area contributed by atoms with Gasteiger partial charge in [-0.25, -0.2) is 9.18 Å². The third-order valence-electron chi connectivity index (χ3n) is 5.21. The molecule has 0 atom stereocenters. The van der Waals surface area contributed by atoms with Gasteiger partial charge in [0.15, 0.2) is 0 Å². The highest BCUT2D eigenvalue weighted by Gasteiger charge is 2.27. The quantitative estimate of drug-likeness (QED) is 0.174. The van der Waals surface area contributed by atoms with E-state index in [-0.39, 0.29) is 0 Å². The summed E-state index contributed by atoms with van der Waals surface area (Å²) in [6, 6.07) is 18.1. The van der Waals surface area contributed by atoms with Gasteiger partial charge in [0.25, 0.3) is 0 Å². The zero-order valence-electron chi connectivity index (χ0n) is 25.0. The van der Waals surface area contributed by atoms with Crippen LogP contribution in [0.3, 0.4) is 0 Å². The maximum absolute atomic E-state index is 12.6.